The number of benzene rings is 2. The Hall–Kier alpha value is -1.12. The highest BCUT2D eigenvalue weighted by Gasteiger charge is 1.96. The second-order valence-corrected chi connectivity index (χ2v) is 5.03. The van der Waals surface area contributed by atoms with E-state index in [0.717, 1.165) is 17.3 Å². The van der Waals surface area contributed by atoms with E-state index in [9.17, 15) is 0 Å². The molecule has 0 spiro atoms. The van der Waals surface area contributed by atoms with E-state index in [2.05, 4.69) is 35.8 Å². The lowest BCUT2D eigenvalue weighted by Gasteiger charge is -2.07. The first-order valence-corrected chi connectivity index (χ1v) is 7.00. The third-order valence-corrected chi connectivity index (χ3v) is 3.46. The van der Waals surface area contributed by atoms with E-state index in [0.29, 0.717) is 0 Å². The van der Waals surface area contributed by atoms with Crippen LogP contribution in [0.3, 0.4) is 0 Å². The summed E-state index contributed by atoms with van der Waals surface area (Å²) in [5.41, 5.74) is 2.31. The summed E-state index contributed by atoms with van der Waals surface area (Å²) >= 11 is 7.68. The van der Waals surface area contributed by atoms with Gasteiger partial charge in [-0.15, -0.1) is 11.8 Å². The lowest BCUT2D eigenvalue weighted by molar-refractivity contribution is 1.14. The predicted molar refractivity (Wildman–Crippen MR) is 77.0 cm³/mol. The van der Waals surface area contributed by atoms with E-state index >= 15 is 0 Å². The van der Waals surface area contributed by atoms with Crippen LogP contribution in [0.1, 0.15) is 5.56 Å². The zero-order valence-corrected chi connectivity index (χ0v) is 11.2. The van der Waals surface area contributed by atoms with Crippen LogP contribution in [0.5, 0.6) is 0 Å². The highest BCUT2D eigenvalue weighted by Crippen LogP contribution is 2.17. The Morgan fingerprint density at radius 1 is 1.12 bits per heavy atom. The van der Waals surface area contributed by atoms with Crippen LogP contribution in [0.4, 0.5) is 5.69 Å². The normalized spacial score (nSPS) is 10.2. The Kier molecular flexibility index (Phi) is 4.35. The van der Waals surface area contributed by atoms with Crippen molar-refractivity contribution in [2.24, 2.45) is 0 Å². The minimum atomic E-state index is 0.757. The second kappa shape index (κ2) is 5.99. The standard InChI is InChI=1S/C14H14ClNS/c1-17-14-7-5-11(6-8-14)10-16-13-4-2-3-12(15)9-13/h2-9,16H,10H2,1H3. The van der Waals surface area contributed by atoms with Crippen LogP contribution < -0.4 is 5.32 Å². The number of hydrogen-bond acceptors (Lipinski definition) is 2. The minimum Gasteiger partial charge on any atom is -0.381 e. The monoisotopic (exact) mass is 263 g/mol. The second-order valence-electron chi connectivity index (χ2n) is 3.71. The average molecular weight is 264 g/mol. The summed E-state index contributed by atoms with van der Waals surface area (Å²) in [6.45, 7) is 0.814. The van der Waals surface area contributed by atoms with Gasteiger partial charge in [-0.3, -0.25) is 0 Å². The molecule has 2 aromatic carbocycles. The predicted octanol–water partition coefficient (Wildman–Crippen LogP) is 4.67. The molecule has 2 rings (SSSR count). The van der Waals surface area contributed by atoms with Gasteiger partial charge in [0.1, 0.15) is 0 Å². The van der Waals surface area contributed by atoms with Gasteiger partial charge < -0.3 is 5.32 Å². The molecule has 1 N–H and O–H groups in total. The van der Waals surface area contributed by atoms with Crippen LogP contribution in [0, 0.1) is 0 Å². The Labute approximate surface area is 111 Å². The highest BCUT2D eigenvalue weighted by molar-refractivity contribution is 7.98. The molecule has 0 amide bonds. The molecule has 2 aromatic rings. The van der Waals surface area contributed by atoms with E-state index in [1.54, 1.807) is 11.8 Å². The van der Waals surface area contributed by atoms with Crippen LogP contribution >= 0.6 is 23.4 Å². The molecule has 0 aromatic heterocycles. The first-order valence-electron chi connectivity index (χ1n) is 5.40. The van der Waals surface area contributed by atoms with Crippen molar-refractivity contribution in [1.29, 1.82) is 0 Å². The molecule has 0 fully saturated rings. The van der Waals surface area contributed by atoms with E-state index in [1.165, 1.54) is 10.5 Å². The molecule has 0 aliphatic carbocycles. The summed E-state index contributed by atoms with van der Waals surface area (Å²) in [5.74, 6) is 0. The molecule has 0 saturated heterocycles. The molecular weight excluding hydrogens is 250 g/mol. The Balaban J connectivity index is 1.97. The number of thioether (sulfide) groups is 1. The zero-order chi connectivity index (χ0) is 12.1. The molecule has 1 nitrogen and oxygen atoms in total. The number of anilines is 1. The quantitative estimate of drug-likeness (QED) is 0.805. The van der Waals surface area contributed by atoms with Gasteiger partial charge in [-0.1, -0.05) is 29.8 Å². The number of hydrogen-bond donors (Lipinski definition) is 1. The van der Waals surface area contributed by atoms with Gasteiger partial charge >= 0.3 is 0 Å². The number of nitrogens with one attached hydrogen (secondary N) is 1. The summed E-state index contributed by atoms with van der Waals surface area (Å²) in [6, 6.07) is 16.3. The van der Waals surface area contributed by atoms with Crippen molar-refractivity contribution in [3.8, 4) is 0 Å². The van der Waals surface area contributed by atoms with Crippen molar-refractivity contribution in [3.05, 3.63) is 59.1 Å². The lowest BCUT2D eigenvalue weighted by atomic mass is 10.2. The van der Waals surface area contributed by atoms with Crippen molar-refractivity contribution in [3.63, 3.8) is 0 Å². The third kappa shape index (κ3) is 3.69. The molecule has 0 saturated carbocycles. The van der Waals surface area contributed by atoms with Gasteiger partial charge in [0.2, 0.25) is 0 Å². The average Bonchev–Trinajstić information content (AvgIpc) is 2.37. The van der Waals surface area contributed by atoms with Crippen molar-refractivity contribution in [1.82, 2.24) is 0 Å². The molecule has 0 unspecified atom stereocenters. The summed E-state index contributed by atoms with van der Waals surface area (Å²) in [4.78, 5) is 1.29. The van der Waals surface area contributed by atoms with Gasteiger partial charge in [0, 0.05) is 22.2 Å². The van der Waals surface area contributed by atoms with E-state index in [4.69, 9.17) is 11.6 Å². The molecule has 88 valence electrons. The van der Waals surface area contributed by atoms with Gasteiger partial charge in [0.05, 0.1) is 0 Å². The van der Waals surface area contributed by atoms with Crippen LogP contribution in [-0.2, 0) is 6.54 Å². The van der Waals surface area contributed by atoms with E-state index in [1.807, 2.05) is 24.3 Å². The molecule has 3 heteroatoms. The largest absolute Gasteiger partial charge is 0.381 e. The Morgan fingerprint density at radius 3 is 2.53 bits per heavy atom. The molecule has 0 aliphatic heterocycles. The highest BCUT2D eigenvalue weighted by atomic mass is 35.5. The molecule has 0 radical (unpaired) electrons. The van der Waals surface area contributed by atoms with Crippen molar-refractivity contribution >= 4 is 29.1 Å². The van der Waals surface area contributed by atoms with E-state index in [-0.39, 0.29) is 0 Å². The topological polar surface area (TPSA) is 12.0 Å². The summed E-state index contributed by atoms with van der Waals surface area (Å²) in [6.07, 6.45) is 2.08. The fraction of sp³-hybridized carbons (Fsp3) is 0.143. The van der Waals surface area contributed by atoms with Crippen LogP contribution in [-0.4, -0.2) is 6.26 Å². The molecule has 0 bridgehead atoms. The summed E-state index contributed by atoms with van der Waals surface area (Å²) in [5, 5.41) is 4.11. The van der Waals surface area contributed by atoms with Gasteiger partial charge in [-0.2, -0.15) is 0 Å². The van der Waals surface area contributed by atoms with Crippen molar-refractivity contribution in [2.45, 2.75) is 11.4 Å². The smallest absolute Gasteiger partial charge is 0.0426 e. The van der Waals surface area contributed by atoms with Crippen molar-refractivity contribution in [2.75, 3.05) is 11.6 Å². The Bertz CT molecular complexity index is 482. The lowest BCUT2D eigenvalue weighted by Crippen LogP contribution is -1.98. The van der Waals surface area contributed by atoms with Crippen LogP contribution in [0.2, 0.25) is 5.02 Å². The molecule has 17 heavy (non-hydrogen) atoms. The Morgan fingerprint density at radius 2 is 1.88 bits per heavy atom. The zero-order valence-electron chi connectivity index (χ0n) is 9.61. The number of rotatable bonds is 4. The summed E-state index contributed by atoms with van der Waals surface area (Å²) in [7, 11) is 0. The van der Waals surface area contributed by atoms with Crippen LogP contribution in [0.15, 0.2) is 53.4 Å². The van der Waals surface area contributed by atoms with Gasteiger partial charge in [-0.25, -0.2) is 0 Å². The number of halogens is 1. The van der Waals surface area contributed by atoms with Gasteiger partial charge in [-0.05, 0) is 42.2 Å². The van der Waals surface area contributed by atoms with Crippen molar-refractivity contribution < 1.29 is 0 Å². The molecule has 0 aliphatic rings. The SMILES string of the molecule is CSc1ccc(CNc2cccc(Cl)c2)cc1. The maximum absolute atomic E-state index is 5.92. The molecular formula is C14H14ClNS. The van der Waals surface area contributed by atoms with Crippen LogP contribution in [0.25, 0.3) is 0 Å². The fourth-order valence-electron chi connectivity index (χ4n) is 1.55. The first kappa shape index (κ1) is 12.3. The van der Waals surface area contributed by atoms with Gasteiger partial charge in [0.25, 0.3) is 0 Å². The maximum atomic E-state index is 5.92. The fourth-order valence-corrected chi connectivity index (χ4v) is 2.14. The maximum Gasteiger partial charge on any atom is 0.0426 e. The first-order chi connectivity index (χ1) is 8.28. The minimum absolute atomic E-state index is 0.757. The van der Waals surface area contributed by atoms with Gasteiger partial charge in [0.15, 0.2) is 0 Å². The summed E-state index contributed by atoms with van der Waals surface area (Å²) < 4.78 is 0. The van der Waals surface area contributed by atoms with E-state index < -0.39 is 0 Å². The molecule has 0 atom stereocenters. The third-order valence-electron chi connectivity index (χ3n) is 2.48. The molecule has 0 heterocycles.